The van der Waals surface area contributed by atoms with E-state index in [2.05, 4.69) is 12.7 Å². The van der Waals surface area contributed by atoms with Crippen molar-refractivity contribution in [1.82, 2.24) is 0 Å². The van der Waals surface area contributed by atoms with Crippen molar-refractivity contribution in [3.8, 4) is 0 Å². The van der Waals surface area contributed by atoms with Gasteiger partial charge < -0.3 is 5.73 Å². The van der Waals surface area contributed by atoms with Gasteiger partial charge in [-0.2, -0.15) is 0 Å². The smallest absolute Gasteiger partial charge is 0.00563 e. The summed E-state index contributed by atoms with van der Waals surface area (Å²) in [6.45, 7) is 13.9. The quantitative estimate of drug-likeness (QED) is 0.676. The SMILES string of the molecule is C.C=C(C)C(/C=C\N)=C\C(C)=C/C.CC. The van der Waals surface area contributed by atoms with Crippen LogP contribution in [-0.2, 0) is 0 Å². The molecule has 0 atom stereocenters. The van der Waals surface area contributed by atoms with Gasteiger partial charge in [-0.25, -0.2) is 0 Å². The van der Waals surface area contributed by atoms with Gasteiger partial charge in [0.1, 0.15) is 0 Å². The van der Waals surface area contributed by atoms with Crippen molar-refractivity contribution in [3.63, 3.8) is 0 Å². The molecule has 0 aliphatic heterocycles. The van der Waals surface area contributed by atoms with Crippen LogP contribution in [0.4, 0.5) is 0 Å². The summed E-state index contributed by atoms with van der Waals surface area (Å²) in [5, 5.41) is 0. The molecule has 0 fully saturated rings. The Morgan fingerprint density at radius 2 is 1.67 bits per heavy atom. The minimum absolute atomic E-state index is 0. The van der Waals surface area contributed by atoms with Crippen LogP contribution in [0.1, 0.15) is 42.0 Å². The van der Waals surface area contributed by atoms with E-state index in [-0.39, 0.29) is 7.43 Å². The van der Waals surface area contributed by atoms with Gasteiger partial charge in [-0.1, -0.05) is 51.2 Å². The van der Waals surface area contributed by atoms with Crippen LogP contribution in [0.3, 0.4) is 0 Å². The number of allylic oxidation sites excluding steroid dienone is 6. The molecule has 0 aromatic carbocycles. The fourth-order valence-electron chi connectivity index (χ4n) is 0.746. The van der Waals surface area contributed by atoms with Crippen LogP contribution in [0.2, 0.25) is 0 Å². The second kappa shape index (κ2) is 12.8. The van der Waals surface area contributed by atoms with E-state index in [0.29, 0.717) is 0 Å². The molecule has 0 bridgehead atoms. The van der Waals surface area contributed by atoms with Crippen LogP contribution in [0.25, 0.3) is 0 Å². The summed E-state index contributed by atoms with van der Waals surface area (Å²) in [4.78, 5) is 0. The van der Waals surface area contributed by atoms with Gasteiger partial charge in [-0.05, 0) is 38.6 Å². The first-order valence-corrected chi connectivity index (χ1v) is 5.00. The highest BCUT2D eigenvalue weighted by Crippen LogP contribution is 2.11. The third-order valence-electron chi connectivity index (χ3n) is 1.61. The van der Waals surface area contributed by atoms with E-state index in [9.17, 15) is 0 Å². The van der Waals surface area contributed by atoms with Crippen molar-refractivity contribution >= 4 is 0 Å². The molecule has 0 saturated carbocycles. The Labute approximate surface area is 96.1 Å². The van der Waals surface area contributed by atoms with Gasteiger partial charge in [0.05, 0.1) is 0 Å². The lowest BCUT2D eigenvalue weighted by molar-refractivity contribution is 1.38. The Morgan fingerprint density at radius 1 is 1.20 bits per heavy atom. The van der Waals surface area contributed by atoms with E-state index in [1.165, 1.54) is 11.8 Å². The predicted octanol–water partition coefficient (Wildman–Crippen LogP) is 4.59. The largest absolute Gasteiger partial charge is 0.405 e. The average Bonchev–Trinajstić information content (AvgIpc) is 2.19. The van der Waals surface area contributed by atoms with Crippen LogP contribution >= 0.6 is 0 Å². The van der Waals surface area contributed by atoms with Crippen LogP contribution < -0.4 is 5.73 Å². The summed E-state index contributed by atoms with van der Waals surface area (Å²) in [6, 6.07) is 0. The Bertz CT molecular complexity index is 242. The molecule has 0 saturated heterocycles. The second-order valence-electron chi connectivity index (χ2n) is 2.77. The lowest BCUT2D eigenvalue weighted by atomic mass is 10.1. The van der Waals surface area contributed by atoms with Gasteiger partial charge in [0.15, 0.2) is 0 Å². The maximum atomic E-state index is 5.30. The summed E-state index contributed by atoms with van der Waals surface area (Å²) in [7, 11) is 0. The molecule has 1 heteroatoms. The Morgan fingerprint density at radius 3 is 1.93 bits per heavy atom. The number of hydrogen-bond donors (Lipinski definition) is 1. The first-order valence-electron chi connectivity index (χ1n) is 5.00. The summed E-state index contributed by atoms with van der Waals surface area (Å²) >= 11 is 0. The molecule has 88 valence electrons. The maximum absolute atomic E-state index is 5.30. The summed E-state index contributed by atoms with van der Waals surface area (Å²) in [5.41, 5.74) is 8.62. The standard InChI is InChI=1S/C11H17N.C2H6.CH4/c1-5-10(4)8-11(6-7-12)9(2)3;1-2;/h5-8H,2,12H2,1,3-4H3;1-2H3;1H4/b7-6-,10-5-,11-8-;;. The Balaban J connectivity index is -0.000000449. The molecule has 1 nitrogen and oxygen atoms in total. The third kappa shape index (κ3) is 10.7. The summed E-state index contributed by atoms with van der Waals surface area (Å²) in [6.07, 6.45) is 7.50. The highest BCUT2D eigenvalue weighted by molar-refractivity contribution is 5.41. The topological polar surface area (TPSA) is 26.0 Å². The van der Waals surface area contributed by atoms with E-state index < -0.39 is 0 Å². The lowest BCUT2D eigenvalue weighted by Gasteiger charge is -2.00. The number of hydrogen-bond acceptors (Lipinski definition) is 1. The first kappa shape index (κ1) is 19.4. The summed E-state index contributed by atoms with van der Waals surface area (Å²) in [5.74, 6) is 0. The molecule has 0 unspecified atom stereocenters. The summed E-state index contributed by atoms with van der Waals surface area (Å²) < 4.78 is 0. The molecular formula is C14H27N. The van der Waals surface area contributed by atoms with Crippen LogP contribution in [-0.4, -0.2) is 0 Å². The molecule has 15 heavy (non-hydrogen) atoms. The first-order chi connectivity index (χ1) is 6.61. The van der Waals surface area contributed by atoms with Crippen molar-refractivity contribution in [2.24, 2.45) is 5.73 Å². The molecule has 0 amide bonds. The number of nitrogens with two attached hydrogens (primary N) is 1. The molecule has 0 rings (SSSR count). The molecule has 2 N–H and O–H groups in total. The fourth-order valence-corrected chi connectivity index (χ4v) is 0.746. The van der Waals surface area contributed by atoms with Crippen molar-refractivity contribution < 1.29 is 0 Å². The molecule has 0 radical (unpaired) electrons. The minimum atomic E-state index is 0. The van der Waals surface area contributed by atoms with Gasteiger partial charge in [-0.3, -0.25) is 0 Å². The molecule has 0 heterocycles. The van der Waals surface area contributed by atoms with Crippen LogP contribution in [0.5, 0.6) is 0 Å². The fraction of sp³-hybridized carbons (Fsp3) is 0.429. The Hall–Kier alpha value is -1.24. The second-order valence-corrected chi connectivity index (χ2v) is 2.77. The average molecular weight is 209 g/mol. The molecule has 0 spiro atoms. The van der Waals surface area contributed by atoms with Gasteiger partial charge >= 0.3 is 0 Å². The predicted molar refractivity (Wildman–Crippen MR) is 73.7 cm³/mol. The van der Waals surface area contributed by atoms with E-state index in [0.717, 1.165) is 11.1 Å². The monoisotopic (exact) mass is 209 g/mol. The van der Waals surface area contributed by atoms with E-state index >= 15 is 0 Å². The van der Waals surface area contributed by atoms with Crippen molar-refractivity contribution in [2.45, 2.75) is 42.0 Å². The lowest BCUT2D eigenvalue weighted by Crippen LogP contribution is -1.84. The van der Waals surface area contributed by atoms with Crippen LogP contribution in [0.15, 0.2) is 47.7 Å². The van der Waals surface area contributed by atoms with Crippen molar-refractivity contribution in [1.29, 1.82) is 0 Å². The number of rotatable bonds is 3. The highest BCUT2D eigenvalue weighted by Gasteiger charge is 1.91. The highest BCUT2D eigenvalue weighted by atomic mass is 14.5. The zero-order valence-corrected chi connectivity index (χ0v) is 10.1. The zero-order chi connectivity index (χ0) is 11.6. The molecule has 0 aliphatic carbocycles. The van der Waals surface area contributed by atoms with Crippen molar-refractivity contribution in [2.75, 3.05) is 0 Å². The maximum Gasteiger partial charge on any atom is -0.00563 e. The molecule has 0 aliphatic rings. The van der Waals surface area contributed by atoms with Crippen LogP contribution in [0, 0.1) is 0 Å². The normalized spacial score (nSPS) is 11.5. The minimum Gasteiger partial charge on any atom is -0.405 e. The van der Waals surface area contributed by atoms with Gasteiger partial charge in [0, 0.05) is 0 Å². The van der Waals surface area contributed by atoms with E-state index in [4.69, 9.17) is 5.73 Å². The Kier molecular flexibility index (Phi) is 16.5. The van der Waals surface area contributed by atoms with E-state index in [1.807, 2.05) is 46.8 Å². The molecular weight excluding hydrogens is 182 g/mol. The zero-order valence-electron chi connectivity index (χ0n) is 10.1. The molecule has 0 aromatic heterocycles. The molecule has 0 aromatic rings. The van der Waals surface area contributed by atoms with E-state index in [1.54, 1.807) is 0 Å². The van der Waals surface area contributed by atoms with Crippen molar-refractivity contribution in [3.05, 3.63) is 47.7 Å². The van der Waals surface area contributed by atoms with Gasteiger partial charge in [-0.15, -0.1) is 0 Å². The van der Waals surface area contributed by atoms with Gasteiger partial charge in [0.2, 0.25) is 0 Å². The van der Waals surface area contributed by atoms with Gasteiger partial charge in [0.25, 0.3) is 0 Å². The third-order valence-corrected chi connectivity index (χ3v) is 1.61.